The van der Waals surface area contributed by atoms with Gasteiger partial charge in [0, 0.05) is 12.8 Å². The van der Waals surface area contributed by atoms with E-state index in [4.69, 9.17) is 0 Å². The monoisotopic (exact) mass is 359 g/mol. The average Bonchev–Trinajstić information content (AvgIpc) is 2.56. The molecule has 7 heteroatoms. The third kappa shape index (κ3) is 8.00. The third-order valence-electron chi connectivity index (χ3n) is 3.37. The maximum absolute atomic E-state index is 11.7. The van der Waals surface area contributed by atoms with Crippen LogP contribution in [-0.4, -0.2) is 28.2 Å². The lowest BCUT2D eigenvalue weighted by Crippen LogP contribution is -2.21. The van der Waals surface area contributed by atoms with Gasteiger partial charge in [-0.2, -0.15) is 10.2 Å². The first kappa shape index (κ1) is 21.5. The van der Waals surface area contributed by atoms with Crippen LogP contribution < -0.4 is 10.9 Å². The molecule has 1 heterocycles. The molecule has 0 spiro atoms. The van der Waals surface area contributed by atoms with Crippen molar-refractivity contribution in [2.45, 2.75) is 54.4 Å². The molecule has 0 aliphatic carbocycles. The number of hydrogen-bond donors (Lipinski definition) is 2. The second kappa shape index (κ2) is 10.4. The van der Waals surface area contributed by atoms with Gasteiger partial charge in [0.15, 0.2) is 0 Å². The molecule has 0 fully saturated rings. The molecule has 1 aromatic rings. The van der Waals surface area contributed by atoms with E-state index in [0.29, 0.717) is 35.7 Å². The van der Waals surface area contributed by atoms with E-state index in [9.17, 15) is 9.59 Å². The van der Waals surface area contributed by atoms with E-state index >= 15 is 0 Å². The fourth-order valence-electron chi connectivity index (χ4n) is 2.08. The summed E-state index contributed by atoms with van der Waals surface area (Å²) >= 11 is 0. The molecular weight excluding hydrogens is 330 g/mol. The molecule has 0 unspecified atom stereocenters. The lowest BCUT2D eigenvalue weighted by atomic mass is 10.1. The predicted molar refractivity (Wildman–Crippen MR) is 104 cm³/mol. The van der Waals surface area contributed by atoms with Gasteiger partial charge in [-0.25, -0.2) is 15.8 Å². The Bertz CT molecular complexity index is 638. The van der Waals surface area contributed by atoms with Crippen LogP contribution >= 0.6 is 0 Å². The van der Waals surface area contributed by atoms with Gasteiger partial charge in [-0.15, -0.1) is 0 Å². The first-order valence-electron chi connectivity index (χ1n) is 8.83. The number of hydrogen-bond acceptors (Lipinski definition) is 5. The molecule has 0 saturated carbocycles. The lowest BCUT2D eigenvalue weighted by Gasteiger charge is -2.07. The predicted octanol–water partition coefficient (Wildman–Crippen LogP) is 2.85. The number of pyridine rings is 1. The van der Waals surface area contributed by atoms with Crippen LogP contribution in [0.5, 0.6) is 0 Å². The largest absolute Gasteiger partial charge is 0.273 e. The quantitative estimate of drug-likeness (QED) is 0.552. The van der Waals surface area contributed by atoms with Gasteiger partial charge in [-0.05, 0) is 37.8 Å². The maximum atomic E-state index is 11.7. The number of hydrazone groups is 2. The summed E-state index contributed by atoms with van der Waals surface area (Å²) in [6.07, 6.45) is 0.845. The number of amides is 2. The summed E-state index contributed by atoms with van der Waals surface area (Å²) in [7, 11) is 0. The van der Waals surface area contributed by atoms with Crippen molar-refractivity contribution >= 4 is 23.2 Å². The van der Waals surface area contributed by atoms with Gasteiger partial charge >= 0.3 is 0 Å². The van der Waals surface area contributed by atoms with Crippen LogP contribution in [0.3, 0.4) is 0 Å². The molecule has 7 nitrogen and oxygen atoms in total. The summed E-state index contributed by atoms with van der Waals surface area (Å²) in [5, 5.41) is 8.20. The highest BCUT2D eigenvalue weighted by atomic mass is 16.2. The highest BCUT2D eigenvalue weighted by molar-refractivity contribution is 6.01. The number of carbonyl (C=O) groups is 2. The van der Waals surface area contributed by atoms with Crippen molar-refractivity contribution in [3.8, 4) is 0 Å². The molecule has 26 heavy (non-hydrogen) atoms. The van der Waals surface area contributed by atoms with Crippen molar-refractivity contribution in [2.75, 3.05) is 0 Å². The molecule has 0 aliphatic rings. The molecule has 1 rings (SSSR count). The summed E-state index contributed by atoms with van der Waals surface area (Å²) in [5.41, 5.74) is 7.55. The molecule has 0 bridgehead atoms. The number of nitrogens with zero attached hydrogens (tertiary/aromatic N) is 3. The topological polar surface area (TPSA) is 95.8 Å². The minimum atomic E-state index is -0.124. The molecule has 142 valence electrons. The van der Waals surface area contributed by atoms with Crippen LogP contribution in [0.4, 0.5) is 0 Å². The summed E-state index contributed by atoms with van der Waals surface area (Å²) in [4.78, 5) is 27.9. The Balaban J connectivity index is 2.80. The van der Waals surface area contributed by atoms with Gasteiger partial charge in [-0.3, -0.25) is 9.59 Å². The maximum Gasteiger partial charge on any atom is 0.240 e. The van der Waals surface area contributed by atoms with E-state index in [-0.39, 0.29) is 23.7 Å². The van der Waals surface area contributed by atoms with Crippen molar-refractivity contribution in [1.82, 2.24) is 15.8 Å². The molecule has 0 atom stereocenters. The standard InChI is InChI=1S/C19H29N5O2/c1-12(2)10-18(25)23-21-14(5)16-8-7-9-17(20-16)15(6)22-24-19(26)11-13(3)4/h7-9,12-13H,10-11H2,1-6H3,(H,23,25)(H,24,26)/b21-14+,22-15+. The molecular formula is C19H29N5O2. The summed E-state index contributed by atoms with van der Waals surface area (Å²) in [6.45, 7) is 11.5. The zero-order chi connectivity index (χ0) is 19.7. The fourth-order valence-corrected chi connectivity index (χ4v) is 2.08. The number of rotatable bonds is 8. The van der Waals surface area contributed by atoms with Crippen LogP contribution in [0.2, 0.25) is 0 Å². The van der Waals surface area contributed by atoms with Crippen LogP contribution in [0.1, 0.15) is 65.8 Å². The average molecular weight is 359 g/mol. The van der Waals surface area contributed by atoms with Gasteiger partial charge in [0.05, 0.1) is 22.8 Å². The van der Waals surface area contributed by atoms with Gasteiger partial charge in [0.2, 0.25) is 11.8 Å². The zero-order valence-corrected chi connectivity index (χ0v) is 16.5. The Morgan fingerprint density at radius 2 is 1.27 bits per heavy atom. The van der Waals surface area contributed by atoms with Crippen LogP contribution in [-0.2, 0) is 9.59 Å². The SMILES string of the molecule is C/C(=N\NC(=O)CC(C)C)c1cccc(/C(C)=N/NC(=O)CC(C)C)n1. The molecule has 0 radical (unpaired) electrons. The van der Waals surface area contributed by atoms with Crippen LogP contribution in [0, 0.1) is 11.8 Å². The first-order valence-corrected chi connectivity index (χ1v) is 8.83. The van der Waals surface area contributed by atoms with E-state index in [1.54, 1.807) is 13.8 Å². The van der Waals surface area contributed by atoms with E-state index in [1.807, 2.05) is 45.9 Å². The smallest absolute Gasteiger partial charge is 0.240 e. The van der Waals surface area contributed by atoms with Crippen molar-refractivity contribution in [2.24, 2.45) is 22.0 Å². The molecule has 2 amide bonds. The minimum Gasteiger partial charge on any atom is -0.273 e. The summed E-state index contributed by atoms with van der Waals surface area (Å²) in [5.74, 6) is 0.302. The van der Waals surface area contributed by atoms with Gasteiger partial charge in [0.25, 0.3) is 0 Å². The van der Waals surface area contributed by atoms with E-state index in [1.165, 1.54) is 0 Å². The Labute approximate surface area is 155 Å². The second-order valence-corrected chi connectivity index (χ2v) is 7.07. The van der Waals surface area contributed by atoms with Crippen LogP contribution in [0.25, 0.3) is 0 Å². The lowest BCUT2D eigenvalue weighted by molar-refractivity contribution is -0.122. The molecule has 0 saturated heterocycles. The van der Waals surface area contributed by atoms with Gasteiger partial charge < -0.3 is 0 Å². The second-order valence-electron chi connectivity index (χ2n) is 7.07. The van der Waals surface area contributed by atoms with Gasteiger partial charge in [0.1, 0.15) is 0 Å². The van der Waals surface area contributed by atoms with Crippen molar-refractivity contribution in [3.05, 3.63) is 29.6 Å². The minimum absolute atomic E-state index is 0.124. The first-order chi connectivity index (χ1) is 12.2. The molecule has 0 aliphatic heterocycles. The van der Waals surface area contributed by atoms with Crippen molar-refractivity contribution in [3.63, 3.8) is 0 Å². The van der Waals surface area contributed by atoms with Gasteiger partial charge in [-0.1, -0.05) is 33.8 Å². The highest BCUT2D eigenvalue weighted by Crippen LogP contribution is 2.04. The van der Waals surface area contributed by atoms with E-state index < -0.39 is 0 Å². The van der Waals surface area contributed by atoms with Crippen molar-refractivity contribution in [1.29, 1.82) is 0 Å². The normalized spacial score (nSPS) is 12.5. The number of aromatic nitrogens is 1. The highest BCUT2D eigenvalue weighted by Gasteiger charge is 2.08. The number of nitrogens with one attached hydrogen (secondary N) is 2. The fraction of sp³-hybridized carbons (Fsp3) is 0.526. The third-order valence-corrected chi connectivity index (χ3v) is 3.37. The number of carbonyl (C=O) groups excluding carboxylic acids is 2. The summed E-state index contributed by atoms with van der Waals surface area (Å²) in [6, 6.07) is 5.45. The van der Waals surface area contributed by atoms with E-state index in [2.05, 4.69) is 26.0 Å². The summed E-state index contributed by atoms with van der Waals surface area (Å²) < 4.78 is 0. The Morgan fingerprint density at radius 3 is 1.62 bits per heavy atom. The molecule has 2 N–H and O–H groups in total. The molecule has 1 aromatic heterocycles. The Hall–Kier alpha value is -2.57. The Morgan fingerprint density at radius 1 is 0.885 bits per heavy atom. The zero-order valence-electron chi connectivity index (χ0n) is 16.5. The Kier molecular flexibility index (Phi) is 8.61. The van der Waals surface area contributed by atoms with E-state index in [0.717, 1.165) is 0 Å². The van der Waals surface area contributed by atoms with Crippen LogP contribution in [0.15, 0.2) is 28.4 Å². The molecule has 0 aromatic carbocycles. The van der Waals surface area contributed by atoms with Crippen molar-refractivity contribution < 1.29 is 9.59 Å².